The molecule has 8 heteroatoms. The molecule has 1 aromatic heterocycles. The summed E-state index contributed by atoms with van der Waals surface area (Å²) in [4.78, 5) is 13.7. The number of aromatic nitrogens is 3. The molecule has 1 fully saturated rings. The van der Waals surface area contributed by atoms with E-state index in [1.165, 1.54) is 10.9 Å². The second kappa shape index (κ2) is 5.20. The van der Waals surface area contributed by atoms with Crippen LogP contribution in [0, 0.1) is 21.4 Å². The Kier molecular flexibility index (Phi) is 3.23. The van der Waals surface area contributed by atoms with Gasteiger partial charge in [0.05, 0.1) is 4.92 Å². The lowest BCUT2D eigenvalue weighted by Crippen LogP contribution is -2.19. The SMILES string of the molecule is N#Cc1nn(-c2ccccc2[N+](=O)[O-])nc1N1CCCC1. The third-order valence-corrected chi connectivity index (χ3v) is 3.40. The Morgan fingerprint density at radius 1 is 1.24 bits per heavy atom. The lowest BCUT2D eigenvalue weighted by atomic mass is 10.3. The molecule has 1 aliphatic rings. The topological polar surface area (TPSA) is 101 Å². The van der Waals surface area contributed by atoms with Crippen molar-refractivity contribution in [1.29, 1.82) is 5.26 Å². The van der Waals surface area contributed by atoms with Gasteiger partial charge in [-0.1, -0.05) is 12.1 Å². The van der Waals surface area contributed by atoms with Crippen LogP contribution in [0.3, 0.4) is 0 Å². The summed E-state index contributed by atoms with van der Waals surface area (Å²) < 4.78 is 0. The van der Waals surface area contributed by atoms with Crippen molar-refractivity contribution in [3.63, 3.8) is 0 Å². The first-order valence-electron chi connectivity index (χ1n) is 6.57. The first-order chi connectivity index (χ1) is 10.2. The van der Waals surface area contributed by atoms with Crippen molar-refractivity contribution in [2.75, 3.05) is 18.0 Å². The Hall–Kier alpha value is -2.95. The summed E-state index contributed by atoms with van der Waals surface area (Å²) in [5.41, 5.74) is 0.351. The predicted octanol–water partition coefficient (Wildman–Crippen LogP) is 1.65. The molecule has 2 aromatic rings. The highest BCUT2D eigenvalue weighted by molar-refractivity contribution is 5.54. The van der Waals surface area contributed by atoms with E-state index in [0.717, 1.165) is 25.9 Å². The first-order valence-corrected chi connectivity index (χ1v) is 6.57. The molecule has 106 valence electrons. The Bertz CT molecular complexity index is 727. The largest absolute Gasteiger partial charge is 0.353 e. The molecule has 0 aliphatic carbocycles. The molecule has 2 heterocycles. The minimum absolute atomic E-state index is 0.0926. The Labute approximate surface area is 120 Å². The van der Waals surface area contributed by atoms with Gasteiger partial charge in [0, 0.05) is 19.2 Å². The van der Waals surface area contributed by atoms with Crippen LogP contribution in [0.1, 0.15) is 18.5 Å². The van der Waals surface area contributed by atoms with E-state index in [4.69, 9.17) is 0 Å². The van der Waals surface area contributed by atoms with Crippen LogP contribution in [-0.4, -0.2) is 33.0 Å². The molecule has 8 nitrogen and oxygen atoms in total. The van der Waals surface area contributed by atoms with E-state index in [9.17, 15) is 15.4 Å². The van der Waals surface area contributed by atoms with E-state index < -0.39 is 4.92 Å². The van der Waals surface area contributed by atoms with Crippen molar-refractivity contribution < 1.29 is 4.92 Å². The van der Waals surface area contributed by atoms with E-state index in [1.54, 1.807) is 18.2 Å². The van der Waals surface area contributed by atoms with Crippen molar-refractivity contribution >= 4 is 11.5 Å². The summed E-state index contributed by atoms with van der Waals surface area (Å²) in [6.07, 6.45) is 2.09. The molecule has 3 rings (SSSR count). The van der Waals surface area contributed by atoms with Crippen LogP contribution in [0.2, 0.25) is 0 Å². The predicted molar refractivity (Wildman–Crippen MR) is 74.2 cm³/mol. The number of hydrogen-bond acceptors (Lipinski definition) is 6. The minimum atomic E-state index is -0.486. The summed E-state index contributed by atoms with van der Waals surface area (Å²) in [7, 11) is 0. The molecule has 1 aliphatic heterocycles. The standard InChI is InChI=1S/C13H12N6O2/c14-9-10-13(17-7-3-4-8-17)16-18(15-10)11-5-1-2-6-12(11)19(20)21/h1-2,5-6H,3-4,7-8H2. The third kappa shape index (κ3) is 2.29. The Morgan fingerprint density at radius 2 is 1.95 bits per heavy atom. The fourth-order valence-electron chi connectivity index (χ4n) is 2.41. The van der Waals surface area contributed by atoms with Gasteiger partial charge in [-0.2, -0.15) is 5.26 Å². The summed E-state index contributed by atoms with van der Waals surface area (Å²) >= 11 is 0. The number of rotatable bonds is 3. The number of para-hydroxylation sites is 2. The molecular weight excluding hydrogens is 272 g/mol. The maximum absolute atomic E-state index is 11.1. The molecule has 0 radical (unpaired) electrons. The molecule has 1 saturated heterocycles. The smallest absolute Gasteiger partial charge is 0.296 e. The van der Waals surface area contributed by atoms with E-state index in [0.29, 0.717) is 5.82 Å². The number of nitro groups is 1. The van der Waals surface area contributed by atoms with Crippen molar-refractivity contribution in [3.05, 3.63) is 40.1 Å². The van der Waals surface area contributed by atoms with Crippen LogP contribution >= 0.6 is 0 Å². The number of benzene rings is 1. The molecule has 1 aromatic carbocycles. The van der Waals surface area contributed by atoms with Crippen molar-refractivity contribution in [3.8, 4) is 11.8 Å². The molecule has 0 atom stereocenters. The van der Waals surface area contributed by atoms with Gasteiger partial charge in [0.25, 0.3) is 5.69 Å². The average molecular weight is 284 g/mol. The minimum Gasteiger partial charge on any atom is -0.353 e. The fraction of sp³-hybridized carbons (Fsp3) is 0.308. The molecule has 0 spiro atoms. The molecular formula is C13H12N6O2. The zero-order valence-corrected chi connectivity index (χ0v) is 11.1. The van der Waals surface area contributed by atoms with Gasteiger partial charge in [-0.05, 0) is 18.9 Å². The maximum atomic E-state index is 11.1. The molecule has 0 amide bonds. The highest BCUT2D eigenvalue weighted by Gasteiger charge is 2.23. The van der Waals surface area contributed by atoms with Gasteiger partial charge in [0.15, 0.2) is 11.5 Å². The van der Waals surface area contributed by atoms with Gasteiger partial charge >= 0.3 is 0 Å². The van der Waals surface area contributed by atoms with E-state index >= 15 is 0 Å². The zero-order valence-electron chi connectivity index (χ0n) is 11.1. The second-order valence-corrected chi connectivity index (χ2v) is 4.71. The molecule has 0 saturated carbocycles. The van der Waals surface area contributed by atoms with E-state index in [-0.39, 0.29) is 17.1 Å². The number of nitro benzene ring substituents is 1. The van der Waals surface area contributed by atoms with Crippen molar-refractivity contribution in [2.24, 2.45) is 0 Å². The highest BCUT2D eigenvalue weighted by Crippen LogP contribution is 2.25. The zero-order chi connectivity index (χ0) is 14.8. The first kappa shape index (κ1) is 13.1. The van der Waals surface area contributed by atoms with Gasteiger partial charge < -0.3 is 4.90 Å². The van der Waals surface area contributed by atoms with Crippen molar-refractivity contribution in [2.45, 2.75) is 12.8 Å². The summed E-state index contributed by atoms with van der Waals surface area (Å²) in [6, 6.07) is 8.21. The highest BCUT2D eigenvalue weighted by atomic mass is 16.6. The van der Waals surface area contributed by atoms with Crippen LogP contribution in [0.15, 0.2) is 24.3 Å². The van der Waals surface area contributed by atoms with Crippen LogP contribution < -0.4 is 4.90 Å². The van der Waals surface area contributed by atoms with Crippen molar-refractivity contribution in [1.82, 2.24) is 15.0 Å². The van der Waals surface area contributed by atoms with E-state index in [2.05, 4.69) is 10.2 Å². The average Bonchev–Trinajstić information content (AvgIpc) is 3.15. The van der Waals surface area contributed by atoms with Gasteiger partial charge in [0.2, 0.25) is 5.69 Å². The number of nitriles is 1. The monoisotopic (exact) mass is 284 g/mol. The molecule has 0 unspecified atom stereocenters. The number of hydrogen-bond donors (Lipinski definition) is 0. The quantitative estimate of drug-likeness (QED) is 0.627. The lowest BCUT2D eigenvalue weighted by Gasteiger charge is -2.12. The third-order valence-electron chi connectivity index (χ3n) is 3.40. The second-order valence-electron chi connectivity index (χ2n) is 4.71. The van der Waals surface area contributed by atoms with Crippen LogP contribution in [0.5, 0.6) is 0 Å². The normalized spacial score (nSPS) is 14.1. The number of anilines is 1. The number of nitrogens with zero attached hydrogens (tertiary/aromatic N) is 6. The summed E-state index contributed by atoms with van der Waals surface area (Å²) in [5, 5.41) is 28.6. The maximum Gasteiger partial charge on any atom is 0.296 e. The Morgan fingerprint density at radius 3 is 2.62 bits per heavy atom. The molecule has 21 heavy (non-hydrogen) atoms. The van der Waals surface area contributed by atoms with Crippen LogP contribution in [0.25, 0.3) is 5.69 Å². The van der Waals surface area contributed by atoms with Gasteiger partial charge in [-0.15, -0.1) is 15.0 Å². The molecule has 0 bridgehead atoms. The summed E-state index contributed by atoms with van der Waals surface area (Å²) in [5.74, 6) is 0.494. The van der Waals surface area contributed by atoms with Crippen LogP contribution in [-0.2, 0) is 0 Å². The van der Waals surface area contributed by atoms with E-state index in [1.807, 2.05) is 11.0 Å². The Balaban J connectivity index is 2.08. The van der Waals surface area contributed by atoms with Gasteiger partial charge in [0.1, 0.15) is 6.07 Å². The summed E-state index contributed by atoms with van der Waals surface area (Å²) in [6.45, 7) is 1.65. The van der Waals surface area contributed by atoms with Crippen LogP contribution in [0.4, 0.5) is 11.5 Å². The fourth-order valence-corrected chi connectivity index (χ4v) is 2.41. The van der Waals surface area contributed by atoms with Gasteiger partial charge in [-0.3, -0.25) is 10.1 Å². The molecule has 0 N–H and O–H groups in total. The van der Waals surface area contributed by atoms with Gasteiger partial charge in [-0.25, -0.2) is 0 Å². The lowest BCUT2D eigenvalue weighted by molar-refractivity contribution is -0.384.